The number of hydrogen-bond donors (Lipinski definition) is 0. The van der Waals surface area contributed by atoms with Gasteiger partial charge in [-0.1, -0.05) is 41.4 Å². The van der Waals surface area contributed by atoms with Gasteiger partial charge in [0.15, 0.2) is 0 Å². The third kappa shape index (κ3) is 1.54. The molecule has 0 N–H and O–H groups in total. The van der Waals surface area contributed by atoms with Gasteiger partial charge in [-0.2, -0.15) is 0 Å². The van der Waals surface area contributed by atoms with Crippen LogP contribution in [0.1, 0.15) is 0 Å². The fraction of sp³-hybridized carbons (Fsp3) is 0. The van der Waals surface area contributed by atoms with Crippen LogP contribution in [-0.4, -0.2) is 4.98 Å². The Morgan fingerprint density at radius 2 is 1.79 bits per heavy atom. The summed E-state index contributed by atoms with van der Waals surface area (Å²) in [5, 5.41) is 3.06. The Morgan fingerprint density at radius 3 is 2.68 bits per heavy atom. The monoisotopic (exact) mass is 287 g/mol. The first-order valence-corrected chi connectivity index (χ1v) is 6.55. The van der Waals surface area contributed by atoms with E-state index in [-0.39, 0.29) is 0 Å². The van der Waals surface area contributed by atoms with Gasteiger partial charge < -0.3 is 4.42 Å². The van der Waals surface area contributed by atoms with Crippen LogP contribution in [-0.2, 0) is 0 Å². The highest BCUT2D eigenvalue weighted by atomic mass is 35.5. The quantitative estimate of drug-likeness (QED) is 0.433. The van der Waals surface area contributed by atoms with Gasteiger partial charge in [-0.15, -0.1) is 0 Å². The van der Waals surface area contributed by atoms with Crippen molar-refractivity contribution in [3.05, 3.63) is 52.5 Å². The third-order valence-electron chi connectivity index (χ3n) is 3.21. The SMILES string of the molecule is Clc1ccc2oc3nc4ccccc4c-3c(Cl)c2c1. The van der Waals surface area contributed by atoms with Crippen LogP contribution in [0.2, 0.25) is 10.0 Å². The molecule has 0 aliphatic carbocycles. The highest BCUT2D eigenvalue weighted by Crippen LogP contribution is 2.42. The maximum Gasteiger partial charge on any atom is 0.229 e. The molecule has 4 rings (SSSR count). The average Bonchev–Trinajstić information content (AvgIpc) is 2.78. The summed E-state index contributed by atoms with van der Waals surface area (Å²) in [6, 6.07) is 13.2. The van der Waals surface area contributed by atoms with Crippen molar-refractivity contribution in [2.75, 3.05) is 0 Å². The van der Waals surface area contributed by atoms with E-state index in [2.05, 4.69) is 4.98 Å². The van der Waals surface area contributed by atoms with E-state index >= 15 is 0 Å². The largest absolute Gasteiger partial charge is 0.438 e. The molecule has 0 fully saturated rings. The Bertz CT molecular complexity index is 897. The molecule has 2 aromatic rings. The number of para-hydroxylation sites is 1. The Morgan fingerprint density at radius 1 is 0.947 bits per heavy atom. The summed E-state index contributed by atoms with van der Waals surface area (Å²) in [5.41, 5.74) is 2.40. The van der Waals surface area contributed by atoms with E-state index in [9.17, 15) is 0 Å². The maximum atomic E-state index is 6.51. The van der Waals surface area contributed by atoms with Gasteiger partial charge in [0.1, 0.15) is 5.58 Å². The molecule has 0 aromatic heterocycles. The zero-order valence-corrected chi connectivity index (χ0v) is 11.2. The van der Waals surface area contributed by atoms with Crippen LogP contribution in [0, 0.1) is 0 Å². The molecule has 92 valence electrons. The minimum atomic E-state index is 0.557. The average molecular weight is 288 g/mol. The lowest BCUT2D eigenvalue weighted by molar-refractivity contribution is 0.605. The Labute approximate surface area is 118 Å². The molecular weight excluding hydrogens is 281 g/mol. The summed E-state index contributed by atoms with van der Waals surface area (Å²) in [4.78, 5) is 4.46. The fourth-order valence-electron chi connectivity index (χ4n) is 2.35. The lowest BCUT2D eigenvalue weighted by atomic mass is 10.1. The Balaban J connectivity index is 2.27. The number of hydrogen-bond acceptors (Lipinski definition) is 2. The van der Waals surface area contributed by atoms with E-state index in [1.54, 1.807) is 6.07 Å². The van der Waals surface area contributed by atoms with Crippen LogP contribution in [0.4, 0.5) is 0 Å². The van der Waals surface area contributed by atoms with E-state index in [4.69, 9.17) is 27.6 Å². The van der Waals surface area contributed by atoms with Gasteiger partial charge in [0.2, 0.25) is 5.89 Å². The molecule has 0 bridgehead atoms. The highest BCUT2D eigenvalue weighted by molar-refractivity contribution is 6.40. The van der Waals surface area contributed by atoms with Crippen molar-refractivity contribution in [3.8, 4) is 11.5 Å². The van der Waals surface area contributed by atoms with Gasteiger partial charge in [0, 0.05) is 15.8 Å². The summed E-state index contributed by atoms with van der Waals surface area (Å²) >= 11 is 12.5. The van der Waals surface area contributed by atoms with Crippen LogP contribution in [0.5, 0.6) is 0 Å². The van der Waals surface area contributed by atoms with E-state index in [0.29, 0.717) is 21.5 Å². The Kier molecular flexibility index (Phi) is 2.25. The molecule has 0 radical (unpaired) electrons. The zero-order chi connectivity index (χ0) is 13.0. The normalized spacial score (nSPS) is 11.7. The summed E-state index contributed by atoms with van der Waals surface area (Å²) in [6.07, 6.45) is 0. The number of rotatable bonds is 0. The van der Waals surface area contributed by atoms with Gasteiger partial charge >= 0.3 is 0 Å². The first kappa shape index (κ1) is 11.1. The van der Waals surface area contributed by atoms with Crippen molar-refractivity contribution >= 4 is 45.1 Å². The van der Waals surface area contributed by atoms with Gasteiger partial charge in [-0.25, -0.2) is 4.98 Å². The minimum absolute atomic E-state index is 0.557. The van der Waals surface area contributed by atoms with Crippen molar-refractivity contribution < 1.29 is 4.42 Å². The molecule has 2 heterocycles. The molecule has 0 atom stereocenters. The Hall–Kier alpha value is -1.77. The first-order valence-electron chi connectivity index (χ1n) is 5.80. The van der Waals surface area contributed by atoms with Crippen molar-refractivity contribution in [1.29, 1.82) is 0 Å². The molecule has 0 spiro atoms. The van der Waals surface area contributed by atoms with E-state index in [1.807, 2.05) is 36.4 Å². The summed E-state index contributed by atoms with van der Waals surface area (Å²) in [6.45, 7) is 0. The van der Waals surface area contributed by atoms with Gasteiger partial charge in [-0.05, 0) is 24.3 Å². The van der Waals surface area contributed by atoms with E-state index in [0.717, 1.165) is 21.9 Å². The number of halogens is 2. The summed E-state index contributed by atoms with van der Waals surface area (Å²) in [5.74, 6) is 0.557. The molecule has 2 aromatic carbocycles. The second-order valence-corrected chi connectivity index (χ2v) is 5.18. The van der Waals surface area contributed by atoms with Gasteiger partial charge in [0.25, 0.3) is 0 Å². The molecule has 0 unspecified atom stereocenters. The number of fused-ring (bicyclic) bond motifs is 4. The zero-order valence-electron chi connectivity index (χ0n) is 9.65. The second-order valence-electron chi connectivity index (χ2n) is 4.37. The van der Waals surface area contributed by atoms with Gasteiger partial charge in [0.05, 0.1) is 16.1 Å². The molecule has 2 aliphatic rings. The standard InChI is InChI=1S/C15H7Cl2NO/c16-8-5-6-12-10(7-8)14(17)13-9-3-1-2-4-11(9)18-15(13)19-12/h1-7H. The highest BCUT2D eigenvalue weighted by Gasteiger charge is 2.20. The number of nitrogens with zero attached hydrogens (tertiary/aromatic N) is 1. The van der Waals surface area contributed by atoms with Crippen molar-refractivity contribution in [3.63, 3.8) is 0 Å². The van der Waals surface area contributed by atoms with Crippen molar-refractivity contribution in [2.24, 2.45) is 0 Å². The predicted molar refractivity (Wildman–Crippen MR) is 78.2 cm³/mol. The molecule has 2 aliphatic heterocycles. The minimum Gasteiger partial charge on any atom is -0.438 e. The van der Waals surface area contributed by atoms with Crippen LogP contribution in [0.3, 0.4) is 0 Å². The lowest BCUT2D eigenvalue weighted by Gasteiger charge is -2.06. The molecule has 4 heteroatoms. The van der Waals surface area contributed by atoms with Gasteiger partial charge in [-0.3, -0.25) is 0 Å². The predicted octanol–water partition coefficient (Wildman–Crippen LogP) is 5.39. The van der Waals surface area contributed by atoms with Crippen LogP contribution in [0.15, 0.2) is 46.9 Å². The van der Waals surface area contributed by atoms with Crippen molar-refractivity contribution in [2.45, 2.75) is 0 Å². The van der Waals surface area contributed by atoms with E-state index < -0.39 is 0 Å². The van der Waals surface area contributed by atoms with Crippen molar-refractivity contribution in [1.82, 2.24) is 4.98 Å². The first-order chi connectivity index (χ1) is 9.24. The van der Waals surface area contributed by atoms with Crippen LogP contribution < -0.4 is 0 Å². The smallest absolute Gasteiger partial charge is 0.229 e. The topological polar surface area (TPSA) is 26.0 Å². The molecule has 0 amide bonds. The molecular formula is C15H7Cl2NO. The maximum absolute atomic E-state index is 6.51. The molecule has 0 saturated heterocycles. The lowest BCUT2D eigenvalue weighted by Crippen LogP contribution is -1.83. The number of benzene rings is 2. The second kappa shape index (κ2) is 3.86. The van der Waals surface area contributed by atoms with E-state index in [1.165, 1.54) is 0 Å². The fourth-order valence-corrected chi connectivity index (χ4v) is 2.85. The summed E-state index contributed by atoms with van der Waals surface area (Å²) < 4.78 is 5.81. The third-order valence-corrected chi connectivity index (χ3v) is 3.84. The number of aromatic nitrogens is 1. The molecule has 19 heavy (non-hydrogen) atoms. The molecule has 2 nitrogen and oxygen atoms in total. The summed E-state index contributed by atoms with van der Waals surface area (Å²) in [7, 11) is 0. The van der Waals surface area contributed by atoms with Crippen LogP contribution in [0.25, 0.3) is 33.3 Å². The molecule has 0 saturated carbocycles. The van der Waals surface area contributed by atoms with Crippen LogP contribution >= 0.6 is 23.2 Å².